The molecule has 0 aromatic rings. The van der Waals surface area contributed by atoms with Gasteiger partial charge in [0.25, 0.3) is 0 Å². The number of rotatable bonds is 33. The van der Waals surface area contributed by atoms with Crippen molar-refractivity contribution in [2.45, 2.75) is 160 Å². The van der Waals surface area contributed by atoms with E-state index in [0.29, 0.717) is 19.3 Å². The van der Waals surface area contributed by atoms with Gasteiger partial charge in [-0.3, -0.25) is 38.4 Å². The van der Waals surface area contributed by atoms with E-state index in [1.165, 1.54) is 32.6 Å². The van der Waals surface area contributed by atoms with E-state index in [0.717, 1.165) is 38.3 Å². The SMILES string of the molecule is CCCCCCCCCCCC(=O)NCC(=O)N[C@@H](CO)C(=O)N[C@H](CCC(N)=O)C(=O)N[C@@H](CC(N)C=N)C(=O)N[C@@H](CO)C(=O)N[C@@H](CCCC)C(C)=O. The van der Waals surface area contributed by atoms with Crippen LogP contribution in [0.1, 0.15) is 124 Å². The van der Waals surface area contributed by atoms with Crippen molar-refractivity contribution in [3.05, 3.63) is 0 Å². The van der Waals surface area contributed by atoms with E-state index in [1.54, 1.807) is 0 Å². The van der Waals surface area contributed by atoms with Crippen LogP contribution in [-0.4, -0.2) is 120 Å². The van der Waals surface area contributed by atoms with Crippen molar-refractivity contribution in [1.82, 2.24) is 31.9 Å². The number of Topliss-reactive ketones (excluding diaryl/α,β-unsaturated/α-hetero) is 1. The number of hydrogen-bond acceptors (Lipinski definition) is 12. The summed E-state index contributed by atoms with van der Waals surface area (Å²) in [6.45, 7) is 3.11. The number of nitrogens with one attached hydrogen (secondary N) is 7. The van der Waals surface area contributed by atoms with Gasteiger partial charge in [0.2, 0.25) is 41.4 Å². The van der Waals surface area contributed by atoms with Crippen LogP contribution >= 0.6 is 0 Å². The van der Waals surface area contributed by atoms with Gasteiger partial charge in [0.15, 0.2) is 5.78 Å². The summed E-state index contributed by atoms with van der Waals surface area (Å²) in [7, 11) is 0. The Labute approximate surface area is 329 Å². The maximum absolute atomic E-state index is 13.5. The molecule has 0 fully saturated rings. The van der Waals surface area contributed by atoms with Crippen LogP contribution in [0.4, 0.5) is 0 Å². The molecule has 0 bridgehead atoms. The summed E-state index contributed by atoms with van der Waals surface area (Å²) in [6, 6.07) is -8.13. The lowest BCUT2D eigenvalue weighted by Crippen LogP contribution is -2.60. The molecule has 19 heteroatoms. The minimum absolute atomic E-state index is 0.223. The third-order valence-electron chi connectivity index (χ3n) is 8.92. The number of carbonyl (C=O) groups excluding carboxylic acids is 8. The highest BCUT2D eigenvalue weighted by Crippen LogP contribution is 2.10. The van der Waals surface area contributed by atoms with Gasteiger partial charge in [0, 0.05) is 25.1 Å². The predicted molar refractivity (Wildman–Crippen MR) is 209 cm³/mol. The van der Waals surface area contributed by atoms with Crippen molar-refractivity contribution in [3.63, 3.8) is 0 Å². The molecule has 0 rings (SSSR count). The van der Waals surface area contributed by atoms with Gasteiger partial charge in [0.05, 0.1) is 25.8 Å². The van der Waals surface area contributed by atoms with Gasteiger partial charge < -0.3 is 59.0 Å². The van der Waals surface area contributed by atoms with Gasteiger partial charge in [-0.1, -0.05) is 78.1 Å². The fraction of sp³-hybridized carbons (Fsp3) is 0.757. The van der Waals surface area contributed by atoms with Gasteiger partial charge in [-0.25, -0.2) is 0 Å². The van der Waals surface area contributed by atoms with Crippen LogP contribution in [0, 0.1) is 5.41 Å². The van der Waals surface area contributed by atoms with Crippen molar-refractivity contribution in [1.29, 1.82) is 5.41 Å². The molecule has 1 unspecified atom stereocenters. The molecular weight excluding hydrogens is 730 g/mol. The van der Waals surface area contributed by atoms with Crippen LogP contribution in [-0.2, 0) is 38.4 Å². The first-order valence-corrected chi connectivity index (χ1v) is 19.7. The number of unbranched alkanes of at least 4 members (excludes halogenated alkanes) is 9. The molecule has 0 saturated heterocycles. The number of aliphatic hydroxyl groups excluding tert-OH is 2. The summed E-state index contributed by atoms with van der Waals surface area (Å²) >= 11 is 0. The molecule has 0 radical (unpaired) electrons. The van der Waals surface area contributed by atoms with Gasteiger partial charge in [-0.2, -0.15) is 0 Å². The Morgan fingerprint density at radius 1 is 0.589 bits per heavy atom. The van der Waals surface area contributed by atoms with Crippen LogP contribution in [0.3, 0.4) is 0 Å². The van der Waals surface area contributed by atoms with Crippen molar-refractivity contribution >= 4 is 53.3 Å². The fourth-order valence-electron chi connectivity index (χ4n) is 5.50. The number of aliphatic hydroxyl groups is 2. The smallest absolute Gasteiger partial charge is 0.245 e. The summed E-state index contributed by atoms with van der Waals surface area (Å²) in [5.74, 6) is -6.22. The lowest BCUT2D eigenvalue weighted by Gasteiger charge is -2.27. The number of hydrogen-bond donors (Lipinski definition) is 11. The highest BCUT2D eigenvalue weighted by atomic mass is 16.3. The Bertz CT molecular complexity index is 1270. The highest BCUT2D eigenvalue weighted by molar-refractivity contribution is 5.97. The molecule has 0 aromatic heterocycles. The fourth-order valence-corrected chi connectivity index (χ4v) is 5.50. The maximum Gasteiger partial charge on any atom is 0.245 e. The zero-order chi connectivity index (χ0) is 42.5. The number of primary amides is 1. The minimum Gasteiger partial charge on any atom is -0.394 e. The average Bonchev–Trinajstić information content (AvgIpc) is 3.16. The zero-order valence-electron chi connectivity index (χ0n) is 33.3. The topological polar surface area (TPSA) is 325 Å². The summed E-state index contributed by atoms with van der Waals surface area (Å²) in [4.78, 5) is 101. The number of amides is 7. The first-order valence-electron chi connectivity index (χ1n) is 19.7. The summed E-state index contributed by atoms with van der Waals surface area (Å²) in [5.41, 5.74) is 11.1. The minimum atomic E-state index is -1.58. The van der Waals surface area contributed by atoms with E-state index in [2.05, 4.69) is 38.8 Å². The number of ketones is 1. The number of nitrogens with two attached hydrogens (primary N) is 2. The quantitative estimate of drug-likeness (QED) is 0.0278. The van der Waals surface area contributed by atoms with Crippen molar-refractivity contribution in [2.24, 2.45) is 11.5 Å². The van der Waals surface area contributed by atoms with E-state index < -0.39 is 97.9 Å². The van der Waals surface area contributed by atoms with Crippen LogP contribution in [0.25, 0.3) is 0 Å². The second-order valence-corrected chi connectivity index (χ2v) is 13.9. The number of carbonyl (C=O) groups is 8. The van der Waals surface area contributed by atoms with Crippen LogP contribution in [0.2, 0.25) is 0 Å². The maximum atomic E-state index is 13.5. The van der Waals surface area contributed by atoms with Gasteiger partial charge >= 0.3 is 0 Å². The molecule has 13 N–H and O–H groups in total. The Balaban J connectivity index is 5.51. The molecule has 7 amide bonds. The molecule has 0 aromatic carbocycles. The third-order valence-corrected chi connectivity index (χ3v) is 8.92. The van der Waals surface area contributed by atoms with Gasteiger partial charge in [-0.05, 0) is 32.6 Å². The summed E-state index contributed by atoms with van der Waals surface area (Å²) in [5, 5.41) is 41.4. The van der Waals surface area contributed by atoms with E-state index in [4.69, 9.17) is 16.9 Å². The second-order valence-electron chi connectivity index (χ2n) is 13.9. The largest absolute Gasteiger partial charge is 0.394 e. The van der Waals surface area contributed by atoms with Crippen molar-refractivity contribution in [2.75, 3.05) is 19.8 Å². The van der Waals surface area contributed by atoms with Crippen molar-refractivity contribution in [3.8, 4) is 0 Å². The standard InChI is InChI=1S/C37H67N9O10/c1-4-6-8-9-10-11-12-13-14-16-32(51)41-21-33(52)42-29(22-47)36(55)44-27(17-18-31(40)50)34(53)45-28(19-25(39)20-38)35(54)46-30(23-48)37(56)43-26(24(3)49)15-7-5-2/h20,25-30,38,47-48H,4-19,21-23,39H2,1-3H3,(H2,40,50)(H,41,51)(H,42,52)(H,43,56)(H,44,55)(H,45,53)(H,46,54)/t25?,26-,27+,28-,29-,30-/m0/s1. The lowest BCUT2D eigenvalue weighted by molar-refractivity contribution is -0.136. The summed E-state index contributed by atoms with van der Waals surface area (Å²) in [6.07, 6.45) is 11.3. The third kappa shape index (κ3) is 23.4. The normalized spacial score (nSPS) is 14.1. The molecule has 0 heterocycles. The predicted octanol–water partition coefficient (Wildman–Crippen LogP) is -1.16. The Morgan fingerprint density at radius 2 is 1.05 bits per heavy atom. The average molecular weight is 798 g/mol. The van der Waals surface area contributed by atoms with Crippen LogP contribution in [0.15, 0.2) is 0 Å². The zero-order valence-corrected chi connectivity index (χ0v) is 33.3. The Hall–Kier alpha value is -4.49. The molecule has 320 valence electrons. The van der Waals surface area contributed by atoms with Gasteiger partial charge in [0.1, 0.15) is 24.2 Å². The van der Waals surface area contributed by atoms with E-state index in [9.17, 15) is 48.6 Å². The first kappa shape index (κ1) is 51.5. The molecule has 56 heavy (non-hydrogen) atoms. The van der Waals surface area contributed by atoms with E-state index >= 15 is 0 Å². The lowest BCUT2D eigenvalue weighted by atomic mass is 10.0. The molecule has 0 saturated carbocycles. The van der Waals surface area contributed by atoms with Gasteiger partial charge in [-0.15, -0.1) is 0 Å². The summed E-state index contributed by atoms with van der Waals surface area (Å²) < 4.78 is 0. The molecule has 19 nitrogen and oxygen atoms in total. The molecule has 0 aliphatic rings. The van der Waals surface area contributed by atoms with Crippen LogP contribution < -0.4 is 43.4 Å². The monoisotopic (exact) mass is 798 g/mol. The van der Waals surface area contributed by atoms with Crippen LogP contribution in [0.5, 0.6) is 0 Å². The Morgan fingerprint density at radius 3 is 1.57 bits per heavy atom. The molecular formula is C37H67N9O10. The highest BCUT2D eigenvalue weighted by Gasteiger charge is 2.32. The first-order chi connectivity index (χ1) is 26.6. The molecule has 0 aliphatic heterocycles. The second kappa shape index (κ2) is 30.7. The molecule has 6 atom stereocenters. The molecule has 0 aliphatic carbocycles. The molecule has 0 spiro atoms. The Kier molecular flexibility index (Phi) is 28.2. The van der Waals surface area contributed by atoms with Crippen molar-refractivity contribution < 1.29 is 48.6 Å². The van der Waals surface area contributed by atoms with E-state index in [-0.39, 0.29) is 31.0 Å². The van der Waals surface area contributed by atoms with E-state index in [1.807, 2.05) is 6.92 Å².